The van der Waals surface area contributed by atoms with Crippen molar-refractivity contribution in [3.8, 4) is 0 Å². The Kier molecular flexibility index (Phi) is 10.4. The Morgan fingerprint density at radius 2 is 1.62 bits per heavy atom. The third kappa shape index (κ3) is 8.34. The summed E-state index contributed by atoms with van der Waals surface area (Å²) in [6.45, 7) is 10.8. The van der Waals surface area contributed by atoms with E-state index < -0.39 is 6.04 Å². The molecule has 0 saturated carbocycles. The van der Waals surface area contributed by atoms with Gasteiger partial charge in [-0.05, 0) is 49.9 Å². The minimum atomic E-state index is -0.600. The lowest BCUT2D eigenvalue weighted by molar-refractivity contribution is -0.138. The van der Waals surface area contributed by atoms with Crippen LogP contribution >= 0.6 is 35.0 Å². The molecule has 0 spiro atoms. The Bertz CT molecular complexity index is 929. The Labute approximate surface area is 206 Å². The maximum absolute atomic E-state index is 13.2. The monoisotopic (exact) mass is 494 g/mol. The Morgan fingerprint density at radius 3 is 2.22 bits per heavy atom. The number of hydrogen-bond donors (Lipinski definition) is 1. The fourth-order valence-electron chi connectivity index (χ4n) is 3.36. The number of benzene rings is 2. The van der Waals surface area contributed by atoms with E-state index in [-0.39, 0.29) is 24.1 Å². The average Bonchev–Trinajstić information content (AvgIpc) is 2.71. The molecule has 0 bridgehead atoms. The summed E-state index contributed by atoms with van der Waals surface area (Å²) in [4.78, 5) is 27.5. The molecule has 1 N–H and O–H groups in total. The van der Waals surface area contributed by atoms with E-state index in [4.69, 9.17) is 23.2 Å². The van der Waals surface area contributed by atoms with Crippen molar-refractivity contribution in [2.45, 2.75) is 53.0 Å². The summed E-state index contributed by atoms with van der Waals surface area (Å²) in [5.74, 6) is 1.11. The highest BCUT2D eigenvalue weighted by atomic mass is 35.5. The summed E-state index contributed by atoms with van der Waals surface area (Å²) >= 11 is 13.7. The zero-order chi connectivity index (χ0) is 23.8. The molecule has 2 aromatic carbocycles. The smallest absolute Gasteiger partial charge is 0.242 e. The van der Waals surface area contributed by atoms with E-state index in [9.17, 15) is 9.59 Å². The van der Waals surface area contributed by atoms with Crippen LogP contribution in [0.2, 0.25) is 10.0 Å². The van der Waals surface area contributed by atoms with Gasteiger partial charge in [0, 0.05) is 18.8 Å². The molecular weight excluding hydrogens is 463 g/mol. The van der Waals surface area contributed by atoms with Crippen LogP contribution in [-0.4, -0.2) is 35.1 Å². The summed E-state index contributed by atoms with van der Waals surface area (Å²) in [5, 5.41) is 3.82. The van der Waals surface area contributed by atoms with E-state index in [2.05, 4.69) is 37.4 Å². The molecule has 2 amide bonds. The van der Waals surface area contributed by atoms with Crippen molar-refractivity contribution in [3.63, 3.8) is 0 Å². The zero-order valence-corrected chi connectivity index (χ0v) is 21.7. The number of halogens is 2. The Balaban J connectivity index is 2.11. The Morgan fingerprint density at radius 1 is 0.969 bits per heavy atom. The van der Waals surface area contributed by atoms with Crippen molar-refractivity contribution in [1.82, 2.24) is 10.2 Å². The second kappa shape index (κ2) is 12.5. The van der Waals surface area contributed by atoms with Gasteiger partial charge in [0.2, 0.25) is 11.8 Å². The van der Waals surface area contributed by atoms with E-state index in [0.717, 1.165) is 11.3 Å². The third-order valence-corrected chi connectivity index (χ3v) is 6.69. The molecule has 0 aliphatic heterocycles. The van der Waals surface area contributed by atoms with Crippen LogP contribution in [0.1, 0.15) is 43.0 Å². The first-order valence-corrected chi connectivity index (χ1v) is 12.6. The lowest BCUT2D eigenvalue weighted by Crippen LogP contribution is -2.48. The number of carbonyl (C=O) groups excluding carboxylic acids is 2. The SMILES string of the molecule is Cc1cc(C)cc(CSCC(=O)N(Cc2ccc(Cl)c(Cl)c2)[C@H](C)C(=O)NCC(C)C)c1. The van der Waals surface area contributed by atoms with E-state index in [1.807, 2.05) is 19.9 Å². The minimum Gasteiger partial charge on any atom is -0.354 e. The Hall–Kier alpha value is -1.69. The van der Waals surface area contributed by atoms with Gasteiger partial charge in [-0.15, -0.1) is 11.8 Å². The normalized spacial score (nSPS) is 12.0. The van der Waals surface area contributed by atoms with Crippen molar-refractivity contribution >= 4 is 46.8 Å². The molecule has 0 radical (unpaired) electrons. The van der Waals surface area contributed by atoms with Crippen molar-refractivity contribution < 1.29 is 9.59 Å². The lowest BCUT2D eigenvalue weighted by atomic mass is 10.1. The van der Waals surface area contributed by atoms with Crippen molar-refractivity contribution in [1.29, 1.82) is 0 Å². The predicted molar refractivity (Wildman–Crippen MR) is 136 cm³/mol. The van der Waals surface area contributed by atoms with E-state index in [1.165, 1.54) is 16.7 Å². The topological polar surface area (TPSA) is 49.4 Å². The molecule has 0 aliphatic carbocycles. The standard InChI is InChI=1S/C25H32Cl2N2O2S/c1-16(2)12-28-25(31)19(5)29(13-20-6-7-22(26)23(27)11-20)24(30)15-32-14-21-9-17(3)8-18(4)10-21/h6-11,16,19H,12-15H2,1-5H3,(H,28,31)/t19-/m1/s1. The van der Waals surface area contributed by atoms with Crippen molar-refractivity contribution in [2.24, 2.45) is 5.92 Å². The van der Waals surface area contributed by atoms with Gasteiger partial charge in [0.15, 0.2) is 0 Å². The molecular formula is C25H32Cl2N2O2S. The van der Waals surface area contributed by atoms with Crippen LogP contribution in [0, 0.1) is 19.8 Å². The van der Waals surface area contributed by atoms with Gasteiger partial charge in [0.25, 0.3) is 0 Å². The van der Waals surface area contributed by atoms with E-state index in [0.29, 0.717) is 22.5 Å². The number of hydrogen-bond acceptors (Lipinski definition) is 3. The maximum atomic E-state index is 13.2. The summed E-state index contributed by atoms with van der Waals surface area (Å²) in [7, 11) is 0. The number of nitrogens with one attached hydrogen (secondary N) is 1. The zero-order valence-electron chi connectivity index (χ0n) is 19.4. The van der Waals surface area contributed by atoms with Crippen LogP contribution in [0.25, 0.3) is 0 Å². The molecule has 4 nitrogen and oxygen atoms in total. The highest BCUT2D eigenvalue weighted by Gasteiger charge is 2.26. The van der Waals surface area contributed by atoms with Crippen LogP contribution in [0.3, 0.4) is 0 Å². The molecule has 2 rings (SSSR count). The fourth-order valence-corrected chi connectivity index (χ4v) is 4.53. The largest absolute Gasteiger partial charge is 0.354 e. The molecule has 1 atom stereocenters. The third-order valence-electron chi connectivity index (χ3n) is 4.96. The van der Waals surface area contributed by atoms with Gasteiger partial charge in [-0.3, -0.25) is 9.59 Å². The van der Waals surface area contributed by atoms with Gasteiger partial charge in [-0.1, -0.05) is 72.4 Å². The molecule has 0 unspecified atom stereocenters. The summed E-state index contributed by atoms with van der Waals surface area (Å²) in [6, 6.07) is 11.1. The molecule has 0 aliphatic rings. The van der Waals surface area contributed by atoms with E-state index in [1.54, 1.807) is 35.7 Å². The van der Waals surface area contributed by atoms with Crippen LogP contribution in [0.15, 0.2) is 36.4 Å². The van der Waals surface area contributed by atoms with Gasteiger partial charge in [0.05, 0.1) is 15.8 Å². The number of nitrogens with zero attached hydrogens (tertiary/aromatic N) is 1. The van der Waals surface area contributed by atoms with Crippen LogP contribution in [0.5, 0.6) is 0 Å². The summed E-state index contributed by atoms with van der Waals surface area (Å²) in [6.07, 6.45) is 0. The second-order valence-corrected chi connectivity index (χ2v) is 10.4. The first-order valence-electron chi connectivity index (χ1n) is 10.7. The van der Waals surface area contributed by atoms with Gasteiger partial charge in [-0.2, -0.15) is 0 Å². The maximum Gasteiger partial charge on any atom is 0.242 e. The quantitative estimate of drug-likeness (QED) is 0.438. The first-order chi connectivity index (χ1) is 15.1. The average molecular weight is 496 g/mol. The highest BCUT2D eigenvalue weighted by molar-refractivity contribution is 7.99. The molecule has 0 fully saturated rings. The lowest BCUT2D eigenvalue weighted by Gasteiger charge is -2.29. The number of rotatable bonds is 10. The second-order valence-electron chi connectivity index (χ2n) is 8.57. The van der Waals surface area contributed by atoms with Gasteiger partial charge < -0.3 is 10.2 Å². The molecule has 174 valence electrons. The molecule has 0 heterocycles. The van der Waals surface area contributed by atoms with Crippen molar-refractivity contribution in [3.05, 3.63) is 68.7 Å². The van der Waals surface area contributed by atoms with Crippen LogP contribution < -0.4 is 5.32 Å². The van der Waals surface area contributed by atoms with Gasteiger partial charge >= 0.3 is 0 Å². The summed E-state index contributed by atoms with van der Waals surface area (Å²) in [5.41, 5.74) is 4.45. The van der Waals surface area contributed by atoms with Gasteiger partial charge in [0.1, 0.15) is 6.04 Å². The van der Waals surface area contributed by atoms with E-state index >= 15 is 0 Å². The van der Waals surface area contributed by atoms with Crippen LogP contribution in [0.4, 0.5) is 0 Å². The van der Waals surface area contributed by atoms with Crippen LogP contribution in [-0.2, 0) is 21.9 Å². The first kappa shape index (κ1) is 26.6. The molecule has 0 saturated heterocycles. The predicted octanol–water partition coefficient (Wildman–Crippen LogP) is 6.03. The molecule has 0 aromatic heterocycles. The summed E-state index contributed by atoms with van der Waals surface area (Å²) < 4.78 is 0. The van der Waals surface area contributed by atoms with Crippen molar-refractivity contribution in [2.75, 3.05) is 12.3 Å². The number of carbonyl (C=O) groups is 2. The highest BCUT2D eigenvalue weighted by Crippen LogP contribution is 2.24. The fraction of sp³-hybridized carbons (Fsp3) is 0.440. The molecule has 7 heteroatoms. The van der Waals surface area contributed by atoms with Gasteiger partial charge in [-0.25, -0.2) is 0 Å². The molecule has 2 aromatic rings. The molecule has 32 heavy (non-hydrogen) atoms. The number of amides is 2. The number of thioether (sulfide) groups is 1. The number of aryl methyl sites for hydroxylation is 2. The minimum absolute atomic E-state index is 0.0855.